The van der Waals surface area contributed by atoms with Crippen LogP contribution in [0.15, 0.2) is 29.8 Å². The molecule has 0 aliphatic heterocycles. The maximum atomic E-state index is 13.0. The summed E-state index contributed by atoms with van der Waals surface area (Å²) >= 11 is 12.0. The van der Waals surface area contributed by atoms with Crippen molar-refractivity contribution in [2.75, 3.05) is 6.54 Å². The van der Waals surface area contributed by atoms with E-state index in [1.54, 1.807) is 20.8 Å². The Bertz CT molecular complexity index is 930. The summed E-state index contributed by atoms with van der Waals surface area (Å²) in [4.78, 5) is 28.4. The normalized spacial score (nSPS) is 12.6. The molecule has 0 radical (unpaired) electrons. The van der Waals surface area contributed by atoms with Crippen molar-refractivity contribution in [2.45, 2.75) is 32.5 Å². The molecule has 0 aliphatic rings. The molecule has 7 nitrogen and oxygen atoms in total. The number of halogens is 5. The highest BCUT2D eigenvalue weighted by Crippen LogP contribution is 2.29. The van der Waals surface area contributed by atoms with Gasteiger partial charge in [0.1, 0.15) is 17.0 Å². The van der Waals surface area contributed by atoms with Crippen LogP contribution in [0, 0.1) is 0 Å². The first kappa shape index (κ1) is 22.8. The molecule has 1 N–H and O–H groups in total. The summed E-state index contributed by atoms with van der Waals surface area (Å²) in [6, 6.07) is 1.41. The molecule has 156 valence electrons. The average Bonchev–Trinajstić information content (AvgIpc) is 2.61. The van der Waals surface area contributed by atoms with Gasteiger partial charge in [0.2, 0.25) is 0 Å². The summed E-state index contributed by atoms with van der Waals surface area (Å²) in [5, 5.41) is 6.65. The number of alkyl halides is 3. The highest BCUT2D eigenvalue weighted by molar-refractivity contribution is 6.36. The van der Waals surface area contributed by atoms with Crippen LogP contribution in [-0.4, -0.2) is 38.7 Å². The summed E-state index contributed by atoms with van der Waals surface area (Å²) in [6.07, 6.45) is -1.70. The molecule has 0 aliphatic carbocycles. The number of nitrogens with zero attached hydrogens (tertiary/aromatic N) is 4. The lowest BCUT2D eigenvalue weighted by Gasteiger charge is -2.17. The van der Waals surface area contributed by atoms with E-state index < -0.39 is 29.1 Å². The minimum atomic E-state index is -4.84. The van der Waals surface area contributed by atoms with E-state index in [1.807, 2.05) is 0 Å². The van der Waals surface area contributed by atoms with Gasteiger partial charge in [0.05, 0.1) is 16.6 Å². The van der Waals surface area contributed by atoms with Crippen LogP contribution in [0.25, 0.3) is 0 Å². The molecule has 2 aromatic rings. The molecular formula is C17H16Cl2F3N5O2. The Kier molecular flexibility index (Phi) is 7.02. The zero-order chi connectivity index (χ0) is 21.8. The van der Waals surface area contributed by atoms with Crippen LogP contribution in [0.5, 0.6) is 0 Å². The second kappa shape index (κ2) is 8.91. The van der Waals surface area contributed by atoms with E-state index in [1.165, 1.54) is 12.3 Å². The van der Waals surface area contributed by atoms with Crippen molar-refractivity contribution < 1.29 is 22.8 Å². The fraction of sp³-hybridized carbons (Fsp3) is 0.353. The molecule has 2 heterocycles. The molecule has 0 spiro atoms. The number of oxime groups is 1. The summed E-state index contributed by atoms with van der Waals surface area (Å²) in [5.41, 5.74) is -2.72. The van der Waals surface area contributed by atoms with Crippen LogP contribution in [0.3, 0.4) is 0 Å². The average molecular weight is 450 g/mol. The molecule has 2 rings (SSSR count). The monoisotopic (exact) mass is 449 g/mol. The van der Waals surface area contributed by atoms with Gasteiger partial charge >= 0.3 is 6.18 Å². The van der Waals surface area contributed by atoms with Crippen LogP contribution < -0.4 is 5.32 Å². The quantitative estimate of drug-likeness (QED) is 0.546. The van der Waals surface area contributed by atoms with Gasteiger partial charge in [-0.05, 0) is 26.8 Å². The predicted octanol–water partition coefficient (Wildman–Crippen LogP) is 4.15. The Hall–Kier alpha value is -2.46. The van der Waals surface area contributed by atoms with E-state index in [0.29, 0.717) is 0 Å². The fourth-order valence-electron chi connectivity index (χ4n) is 1.94. The van der Waals surface area contributed by atoms with Gasteiger partial charge < -0.3 is 10.2 Å². The third-order valence-corrected chi connectivity index (χ3v) is 3.60. The third-order valence-electron chi connectivity index (χ3n) is 3.11. The minimum Gasteiger partial charge on any atom is -0.390 e. The van der Waals surface area contributed by atoms with Gasteiger partial charge in [-0.25, -0.2) is 9.97 Å². The Labute approximate surface area is 174 Å². The number of aromatic nitrogens is 3. The molecule has 29 heavy (non-hydrogen) atoms. The molecular weight excluding hydrogens is 434 g/mol. The fourth-order valence-corrected chi connectivity index (χ4v) is 2.43. The van der Waals surface area contributed by atoms with E-state index in [2.05, 4.69) is 25.4 Å². The molecule has 0 bridgehead atoms. The van der Waals surface area contributed by atoms with E-state index in [-0.39, 0.29) is 28.0 Å². The van der Waals surface area contributed by atoms with Gasteiger partial charge in [-0.1, -0.05) is 28.4 Å². The number of hydrogen-bond donors (Lipinski definition) is 1. The van der Waals surface area contributed by atoms with Gasteiger partial charge in [0.25, 0.3) is 5.91 Å². The van der Waals surface area contributed by atoms with Crippen LogP contribution in [-0.2, 0) is 11.0 Å². The van der Waals surface area contributed by atoms with Crippen LogP contribution in [0.4, 0.5) is 13.2 Å². The van der Waals surface area contributed by atoms with Gasteiger partial charge in [-0.3, -0.25) is 9.78 Å². The predicted molar refractivity (Wildman–Crippen MR) is 101 cm³/mol. The van der Waals surface area contributed by atoms with E-state index in [9.17, 15) is 18.0 Å². The lowest BCUT2D eigenvalue weighted by molar-refractivity contribution is -0.141. The lowest BCUT2D eigenvalue weighted by atomic mass is 10.2. The van der Waals surface area contributed by atoms with E-state index in [4.69, 9.17) is 28.0 Å². The number of carbonyl (C=O) groups excluding carboxylic acids is 1. The molecule has 0 unspecified atom stereocenters. The van der Waals surface area contributed by atoms with Crippen molar-refractivity contribution in [1.82, 2.24) is 20.3 Å². The smallest absolute Gasteiger partial charge is 0.390 e. The second-order valence-corrected chi connectivity index (χ2v) is 7.50. The largest absolute Gasteiger partial charge is 0.435 e. The van der Waals surface area contributed by atoms with Gasteiger partial charge in [0, 0.05) is 18.6 Å². The van der Waals surface area contributed by atoms with E-state index in [0.717, 1.165) is 12.4 Å². The number of rotatable bonds is 5. The lowest BCUT2D eigenvalue weighted by Crippen LogP contribution is -2.33. The second-order valence-electron chi connectivity index (χ2n) is 6.66. The summed E-state index contributed by atoms with van der Waals surface area (Å²) in [6.45, 7) is 4.87. The van der Waals surface area contributed by atoms with E-state index >= 15 is 0 Å². The first-order valence-electron chi connectivity index (χ1n) is 8.11. The Balaban J connectivity index is 2.30. The maximum absolute atomic E-state index is 13.0. The summed E-state index contributed by atoms with van der Waals surface area (Å²) in [7, 11) is 0. The topological polar surface area (TPSA) is 89.4 Å². The number of carbonyl (C=O) groups is 1. The Morgan fingerprint density at radius 1 is 1.14 bits per heavy atom. The maximum Gasteiger partial charge on any atom is 0.435 e. The van der Waals surface area contributed by atoms with Crippen LogP contribution in [0.2, 0.25) is 10.0 Å². The zero-order valence-electron chi connectivity index (χ0n) is 15.5. The van der Waals surface area contributed by atoms with Crippen molar-refractivity contribution in [1.29, 1.82) is 0 Å². The first-order chi connectivity index (χ1) is 13.4. The molecule has 0 saturated heterocycles. The Morgan fingerprint density at radius 2 is 1.79 bits per heavy atom. The molecule has 12 heteroatoms. The molecule has 2 aromatic heterocycles. The van der Waals surface area contributed by atoms with Crippen molar-refractivity contribution in [2.24, 2.45) is 5.16 Å². The van der Waals surface area contributed by atoms with Crippen LogP contribution in [0.1, 0.15) is 42.6 Å². The van der Waals surface area contributed by atoms with Crippen molar-refractivity contribution in [3.63, 3.8) is 0 Å². The Morgan fingerprint density at radius 3 is 2.38 bits per heavy atom. The molecule has 0 fully saturated rings. The highest BCUT2D eigenvalue weighted by atomic mass is 35.5. The van der Waals surface area contributed by atoms with Crippen molar-refractivity contribution in [3.05, 3.63) is 51.8 Å². The number of hydrogen-bond acceptors (Lipinski definition) is 6. The van der Waals surface area contributed by atoms with Crippen LogP contribution >= 0.6 is 23.2 Å². The number of amides is 1. The zero-order valence-corrected chi connectivity index (χ0v) is 17.0. The molecule has 1 amide bonds. The number of nitrogens with one attached hydrogen (secondary N) is 1. The molecule has 0 atom stereocenters. The first-order valence-corrected chi connectivity index (χ1v) is 8.87. The van der Waals surface area contributed by atoms with Crippen molar-refractivity contribution >= 4 is 34.8 Å². The standard InChI is InChI=1S/C17H16Cl2F3N5O2/c1-16(2,3)29-27-11(12-10(19)6-9(18)7-25-12)8-26-15(28)13-14(17(20,21)22)24-5-4-23-13/h4-7H,8H2,1-3H3,(H,26,28)/b27-11-. The molecule has 0 aromatic carbocycles. The third kappa shape index (κ3) is 6.53. The summed E-state index contributed by atoms with van der Waals surface area (Å²) < 4.78 is 39.1. The van der Waals surface area contributed by atoms with Gasteiger partial charge in [0.15, 0.2) is 11.4 Å². The highest BCUT2D eigenvalue weighted by Gasteiger charge is 2.38. The van der Waals surface area contributed by atoms with Gasteiger partial charge in [-0.2, -0.15) is 13.2 Å². The van der Waals surface area contributed by atoms with Crippen molar-refractivity contribution in [3.8, 4) is 0 Å². The minimum absolute atomic E-state index is 0.0763. The summed E-state index contributed by atoms with van der Waals surface area (Å²) in [5.74, 6) is -1.10. The SMILES string of the molecule is CC(C)(C)O/N=C(/CNC(=O)c1nccnc1C(F)(F)F)c1ncc(Cl)cc1Cl. The number of pyridine rings is 1. The van der Waals surface area contributed by atoms with Gasteiger partial charge in [-0.15, -0.1) is 0 Å². The molecule has 0 saturated carbocycles.